The molecule has 1 aliphatic heterocycles. The predicted octanol–water partition coefficient (Wildman–Crippen LogP) is 2.24. The van der Waals surface area contributed by atoms with Crippen LogP contribution in [0.15, 0.2) is 24.3 Å². The SMILES string of the molecule is CC(CN1CCN(C2CC2)CC1)C(N)c1ccccc1F. The minimum Gasteiger partial charge on any atom is -0.324 e. The molecule has 2 aliphatic rings. The number of halogens is 1. The summed E-state index contributed by atoms with van der Waals surface area (Å²) in [6, 6.07) is 7.52. The predicted molar refractivity (Wildman–Crippen MR) is 83.5 cm³/mol. The molecule has 21 heavy (non-hydrogen) atoms. The summed E-state index contributed by atoms with van der Waals surface area (Å²) in [5, 5.41) is 0. The van der Waals surface area contributed by atoms with Gasteiger partial charge in [-0.05, 0) is 24.8 Å². The monoisotopic (exact) mass is 291 g/mol. The lowest BCUT2D eigenvalue weighted by molar-refractivity contribution is 0.110. The molecule has 4 heteroatoms. The fourth-order valence-electron chi connectivity index (χ4n) is 3.32. The van der Waals surface area contributed by atoms with E-state index in [1.807, 2.05) is 12.1 Å². The molecule has 0 spiro atoms. The topological polar surface area (TPSA) is 32.5 Å². The summed E-state index contributed by atoms with van der Waals surface area (Å²) in [4.78, 5) is 5.09. The average molecular weight is 291 g/mol. The van der Waals surface area contributed by atoms with E-state index in [1.54, 1.807) is 6.07 Å². The van der Waals surface area contributed by atoms with E-state index in [0.717, 1.165) is 25.7 Å². The van der Waals surface area contributed by atoms with E-state index in [2.05, 4.69) is 16.7 Å². The molecule has 1 aliphatic carbocycles. The molecule has 2 atom stereocenters. The summed E-state index contributed by atoms with van der Waals surface area (Å²) in [6.45, 7) is 7.66. The Morgan fingerprint density at radius 2 is 1.86 bits per heavy atom. The molecule has 1 saturated carbocycles. The van der Waals surface area contributed by atoms with Crippen LogP contribution in [0.1, 0.15) is 31.4 Å². The standard InChI is InChI=1S/C17H26FN3/c1-13(17(19)15-4-2-3-5-16(15)18)12-20-8-10-21(11-9-20)14-6-7-14/h2-5,13-14,17H,6-12,19H2,1H3. The van der Waals surface area contributed by atoms with Crippen LogP contribution in [0.5, 0.6) is 0 Å². The highest BCUT2D eigenvalue weighted by Gasteiger charge is 2.31. The Hall–Kier alpha value is -0.970. The van der Waals surface area contributed by atoms with E-state index >= 15 is 0 Å². The molecule has 116 valence electrons. The zero-order valence-electron chi connectivity index (χ0n) is 12.8. The Morgan fingerprint density at radius 3 is 2.48 bits per heavy atom. The second-order valence-corrected chi connectivity index (χ2v) is 6.59. The van der Waals surface area contributed by atoms with Crippen LogP contribution in [0.25, 0.3) is 0 Å². The van der Waals surface area contributed by atoms with Crippen molar-refractivity contribution < 1.29 is 4.39 Å². The maximum absolute atomic E-state index is 13.8. The summed E-state index contributed by atoms with van der Waals surface area (Å²) in [5.41, 5.74) is 6.91. The van der Waals surface area contributed by atoms with E-state index < -0.39 is 0 Å². The molecular formula is C17H26FN3. The molecule has 2 fully saturated rings. The number of benzene rings is 1. The van der Waals surface area contributed by atoms with Gasteiger partial charge in [-0.15, -0.1) is 0 Å². The Labute approximate surface area is 126 Å². The molecule has 2 N–H and O–H groups in total. The van der Waals surface area contributed by atoms with Crippen LogP contribution in [0, 0.1) is 11.7 Å². The number of nitrogens with zero attached hydrogens (tertiary/aromatic N) is 2. The van der Waals surface area contributed by atoms with Gasteiger partial charge in [0.05, 0.1) is 0 Å². The maximum Gasteiger partial charge on any atom is 0.127 e. The van der Waals surface area contributed by atoms with Crippen molar-refractivity contribution in [3.8, 4) is 0 Å². The third kappa shape index (κ3) is 3.62. The van der Waals surface area contributed by atoms with Crippen molar-refractivity contribution in [3.63, 3.8) is 0 Å². The highest BCUT2D eigenvalue weighted by atomic mass is 19.1. The highest BCUT2D eigenvalue weighted by Crippen LogP contribution is 2.28. The van der Waals surface area contributed by atoms with Crippen molar-refractivity contribution in [2.45, 2.75) is 31.8 Å². The van der Waals surface area contributed by atoms with Gasteiger partial charge in [-0.3, -0.25) is 4.90 Å². The largest absolute Gasteiger partial charge is 0.324 e. The van der Waals surface area contributed by atoms with Crippen LogP contribution in [-0.2, 0) is 0 Å². The fourth-order valence-corrected chi connectivity index (χ4v) is 3.32. The summed E-state index contributed by atoms with van der Waals surface area (Å²) in [6.07, 6.45) is 2.77. The highest BCUT2D eigenvalue weighted by molar-refractivity contribution is 5.21. The summed E-state index contributed by atoms with van der Waals surface area (Å²) in [7, 11) is 0. The van der Waals surface area contributed by atoms with Crippen molar-refractivity contribution in [3.05, 3.63) is 35.6 Å². The zero-order chi connectivity index (χ0) is 14.8. The van der Waals surface area contributed by atoms with Crippen molar-refractivity contribution in [2.75, 3.05) is 32.7 Å². The average Bonchev–Trinajstić information content (AvgIpc) is 3.32. The quantitative estimate of drug-likeness (QED) is 0.903. The van der Waals surface area contributed by atoms with E-state index in [-0.39, 0.29) is 17.8 Å². The molecule has 1 heterocycles. The van der Waals surface area contributed by atoms with Gasteiger partial charge in [-0.1, -0.05) is 25.1 Å². The van der Waals surface area contributed by atoms with Crippen molar-refractivity contribution >= 4 is 0 Å². The molecule has 0 aromatic heterocycles. The lowest BCUT2D eigenvalue weighted by Crippen LogP contribution is -2.49. The third-order valence-electron chi connectivity index (χ3n) is 4.89. The minimum atomic E-state index is -0.229. The smallest absolute Gasteiger partial charge is 0.127 e. The van der Waals surface area contributed by atoms with Gasteiger partial charge in [0.2, 0.25) is 0 Å². The molecule has 1 aromatic rings. The van der Waals surface area contributed by atoms with Gasteiger partial charge in [0.15, 0.2) is 0 Å². The molecule has 0 radical (unpaired) electrons. The molecule has 1 aromatic carbocycles. The first-order valence-corrected chi connectivity index (χ1v) is 8.11. The molecule has 1 saturated heterocycles. The normalized spacial score (nSPS) is 24.0. The van der Waals surface area contributed by atoms with Crippen molar-refractivity contribution in [1.29, 1.82) is 0 Å². The molecule has 0 bridgehead atoms. The third-order valence-corrected chi connectivity index (χ3v) is 4.89. The summed E-state index contributed by atoms with van der Waals surface area (Å²) < 4.78 is 13.8. The number of piperazine rings is 1. The van der Waals surface area contributed by atoms with Gasteiger partial charge in [0, 0.05) is 50.4 Å². The van der Waals surface area contributed by atoms with Crippen LogP contribution in [0.4, 0.5) is 4.39 Å². The first-order chi connectivity index (χ1) is 10.1. The van der Waals surface area contributed by atoms with E-state index in [0.29, 0.717) is 5.56 Å². The van der Waals surface area contributed by atoms with Gasteiger partial charge in [-0.2, -0.15) is 0 Å². The van der Waals surface area contributed by atoms with Gasteiger partial charge in [-0.25, -0.2) is 4.39 Å². The first kappa shape index (κ1) is 14.9. The van der Waals surface area contributed by atoms with Crippen molar-refractivity contribution in [2.24, 2.45) is 11.7 Å². The van der Waals surface area contributed by atoms with Crippen LogP contribution >= 0.6 is 0 Å². The van der Waals surface area contributed by atoms with Crippen molar-refractivity contribution in [1.82, 2.24) is 9.80 Å². The number of hydrogen-bond donors (Lipinski definition) is 1. The Balaban J connectivity index is 1.51. The Morgan fingerprint density at radius 1 is 1.19 bits per heavy atom. The van der Waals surface area contributed by atoms with Gasteiger partial charge in [0.25, 0.3) is 0 Å². The second-order valence-electron chi connectivity index (χ2n) is 6.59. The molecule has 0 amide bonds. The second kappa shape index (κ2) is 6.42. The summed E-state index contributed by atoms with van der Waals surface area (Å²) in [5.74, 6) is 0.0739. The summed E-state index contributed by atoms with van der Waals surface area (Å²) >= 11 is 0. The minimum absolute atomic E-state index is 0.185. The van der Waals surface area contributed by atoms with Gasteiger partial charge < -0.3 is 10.6 Å². The Kier molecular flexibility index (Phi) is 4.57. The Bertz CT molecular complexity index is 467. The first-order valence-electron chi connectivity index (χ1n) is 8.11. The lowest BCUT2D eigenvalue weighted by atomic mass is 9.94. The lowest BCUT2D eigenvalue weighted by Gasteiger charge is -2.37. The van der Waals surface area contributed by atoms with Crippen LogP contribution < -0.4 is 5.73 Å². The fraction of sp³-hybridized carbons (Fsp3) is 0.647. The molecular weight excluding hydrogens is 265 g/mol. The van der Waals surface area contributed by atoms with E-state index in [1.165, 1.54) is 32.0 Å². The number of nitrogens with two attached hydrogens (primary N) is 1. The van der Waals surface area contributed by atoms with Gasteiger partial charge in [0.1, 0.15) is 5.82 Å². The molecule has 3 rings (SSSR count). The van der Waals surface area contributed by atoms with Crippen LogP contribution in [0.2, 0.25) is 0 Å². The number of rotatable bonds is 5. The zero-order valence-corrected chi connectivity index (χ0v) is 12.8. The van der Waals surface area contributed by atoms with E-state index in [4.69, 9.17) is 5.73 Å². The van der Waals surface area contributed by atoms with Gasteiger partial charge >= 0.3 is 0 Å². The van der Waals surface area contributed by atoms with Crippen LogP contribution in [-0.4, -0.2) is 48.6 Å². The van der Waals surface area contributed by atoms with Crippen LogP contribution in [0.3, 0.4) is 0 Å². The van der Waals surface area contributed by atoms with E-state index in [9.17, 15) is 4.39 Å². The molecule has 2 unspecified atom stereocenters. The number of hydrogen-bond acceptors (Lipinski definition) is 3. The molecule has 3 nitrogen and oxygen atoms in total. The maximum atomic E-state index is 13.8.